The lowest BCUT2D eigenvalue weighted by atomic mass is 9.86. The van der Waals surface area contributed by atoms with Crippen molar-refractivity contribution in [3.05, 3.63) is 29.6 Å². The standard InChI is InChI=1S/C17H26F3N3O/c1-16(2,9-12-5-4-8-21-10-12)22-11-14(24)13-6-3-7-15(23-13)17(18,19)20/h3,6-7,12,14,21-22,24H,4-5,8-11H2,1-2H3/t12-,14-/m0/s1. The molecule has 0 radical (unpaired) electrons. The molecule has 1 fully saturated rings. The maximum atomic E-state index is 12.7. The third-order valence-corrected chi connectivity index (χ3v) is 4.37. The first kappa shape index (κ1) is 19.1. The summed E-state index contributed by atoms with van der Waals surface area (Å²) in [7, 11) is 0. The molecule has 7 heteroatoms. The fraction of sp³-hybridized carbons (Fsp3) is 0.706. The summed E-state index contributed by atoms with van der Waals surface area (Å²) >= 11 is 0. The molecule has 0 unspecified atom stereocenters. The van der Waals surface area contributed by atoms with Gasteiger partial charge in [0.2, 0.25) is 0 Å². The lowest BCUT2D eigenvalue weighted by molar-refractivity contribution is -0.141. The van der Waals surface area contributed by atoms with Crippen LogP contribution in [-0.2, 0) is 6.18 Å². The smallest absolute Gasteiger partial charge is 0.385 e. The number of alkyl halides is 3. The molecule has 4 nitrogen and oxygen atoms in total. The van der Waals surface area contributed by atoms with E-state index < -0.39 is 18.0 Å². The van der Waals surface area contributed by atoms with Gasteiger partial charge in [0.15, 0.2) is 0 Å². The molecule has 2 rings (SSSR count). The van der Waals surface area contributed by atoms with Gasteiger partial charge in [0.25, 0.3) is 0 Å². The second kappa shape index (κ2) is 7.80. The molecule has 136 valence electrons. The Hall–Kier alpha value is -1.18. The van der Waals surface area contributed by atoms with Crippen molar-refractivity contribution in [2.45, 2.75) is 50.9 Å². The number of hydrogen-bond acceptors (Lipinski definition) is 4. The van der Waals surface area contributed by atoms with Crippen LogP contribution in [0, 0.1) is 5.92 Å². The molecule has 2 atom stereocenters. The first-order valence-corrected chi connectivity index (χ1v) is 8.35. The second-order valence-electron chi connectivity index (χ2n) is 7.14. The van der Waals surface area contributed by atoms with Gasteiger partial charge in [-0.05, 0) is 64.3 Å². The van der Waals surface area contributed by atoms with E-state index in [9.17, 15) is 18.3 Å². The number of aliphatic hydroxyl groups is 1. The molecule has 1 aliphatic heterocycles. The maximum Gasteiger partial charge on any atom is 0.433 e. The number of aliphatic hydroxyl groups excluding tert-OH is 1. The van der Waals surface area contributed by atoms with Gasteiger partial charge in [0.05, 0.1) is 5.69 Å². The van der Waals surface area contributed by atoms with Crippen molar-refractivity contribution >= 4 is 0 Å². The third-order valence-electron chi connectivity index (χ3n) is 4.37. The first-order chi connectivity index (χ1) is 11.2. The lowest BCUT2D eigenvalue weighted by Gasteiger charge is -2.33. The van der Waals surface area contributed by atoms with E-state index in [2.05, 4.69) is 15.6 Å². The van der Waals surface area contributed by atoms with E-state index in [4.69, 9.17) is 0 Å². The Bertz CT molecular complexity index is 528. The van der Waals surface area contributed by atoms with Gasteiger partial charge in [0.1, 0.15) is 11.8 Å². The highest BCUT2D eigenvalue weighted by Crippen LogP contribution is 2.28. The largest absolute Gasteiger partial charge is 0.433 e. The molecule has 0 amide bonds. The van der Waals surface area contributed by atoms with Gasteiger partial charge in [-0.15, -0.1) is 0 Å². The van der Waals surface area contributed by atoms with Crippen LogP contribution in [0.1, 0.15) is 50.6 Å². The van der Waals surface area contributed by atoms with E-state index in [0.717, 1.165) is 32.0 Å². The minimum atomic E-state index is -4.50. The highest BCUT2D eigenvalue weighted by molar-refractivity contribution is 5.15. The summed E-state index contributed by atoms with van der Waals surface area (Å²) in [4.78, 5) is 3.54. The van der Waals surface area contributed by atoms with Crippen LogP contribution in [0.5, 0.6) is 0 Å². The van der Waals surface area contributed by atoms with E-state index in [0.29, 0.717) is 5.92 Å². The van der Waals surface area contributed by atoms with Crippen molar-refractivity contribution in [1.82, 2.24) is 15.6 Å². The van der Waals surface area contributed by atoms with E-state index in [1.807, 2.05) is 13.8 Å². The number of rotatable bonds is 6. The Morgan fingerprint density at radius 1 is 1.38 bits per heavy atom. The van der Waals surface area contributed by atoms with Crippen LogP contribution in [0.25, 0.3) is 0 Å². The SMILES string of the molecule is CC(C)(C[C@@H]1CCCNC1)NC[C@H](O)c1cccc(C(F)(F)F)n1. The quantitative estimate of drug-likeness (QED) is 0.742. The van der Waals surface area contributed by atoms with Crippen molar-refractivity contribution in [2.24, 2.45) is 5.92 Å². The summed E-state index contributed by atoms with van der Waals surface area (Å²) in [5.74, 6) is 0.574. The summed E-state index contributed by atoms with van der Waals surface area (Å²) in [6.07, 6.45) is -2.29. The molecule has 0 saturated carbocycles. The number of aromatic nitrogens is 1. The molecule has 0 bridgehead atoms. The number of hydrogen-bond donors (Lipinski definition) is 3. The van der Waals surface area contributed by atoms with Gasteiger partial charge in [-0.2, -0.15) is 13.2 Å². The Kier molecular flexibility index (Phi) is 6.22. The van der Waals surface area contributed by atoms with E-state index >= 15 is 0 Å². The number of piperidine rings is 1. The summed E-state index contributed by atoms with van der Waals surface area (Å²) in [6.45, 7) is 6.32. The molecule has 0 spiro atoms. The molecule has 1 aliphatic rings. The molecular weight excluding hydrogens is 319 g/mol. The van der Waals surface area contributed by atoms with Crippen LogP contribution < -0.4 is 10.6 Å². The summed E-state index contributed by atoms with van der Waals surface area (Å²) < 4.78 is 38.1. The van der Waals surface area contributed by atoms with Gasteiger partial charge in [0, 0.05) is 12.1 Å². The normalized spacial score (nSPS) is 20.8. The van der Waals surface area contributed by atoms with Gasteiger partial charge in [-0.3, -0.25) is 0 Å². The molecule has 0 aromatic carbocycles. The first-order valence-electron chi connectivity index (χ1n) is 8.35. The van der Waals surface area contributed by atoms with Gasteiger partial charge < -0.3 is 15.7 Å². The predicted octanol–water partition coefficient (Wildman–Crippen LogP) is 2.89. The van der Waals surface area contributed by atoms with E-state index in [1.54, 1.807) is 0 Å². The summed E-state index contributed by atoms with van der Waals surface area (Å²) in [5.41, 5.74) is -1.15. The number of pyridine rings is 1. The topological polar surface area (TPSA) is 57.2 Å². The number of nitrogens with zero attached hydrogens (tertiary/aromatic N) is 1. The monoisotopic (exact) mass is 345 g/mol. The molecule has 1 saturated heterocycles. The molecular formula is C17H26F3N3O. The zero-order valence-electron chi connectivity index (χ0n) is 14.2. The minimum absolute atomic E-state index is 0.0347. The Morgan fingerprint density at radius 3 is 2.75 bits per heavy atom. The van der Waals surface area contributed by atoms with Gasteiger partial charge >= 0.3 is 6.18 Å². The Morgan fingerprint density at radius 2 is 2.12 bits per heavy atom. The molecule has 2 heterocycles. The summed E-state index contributed by atoms with van der Waals surface area (Å²) in [5, 5.41) is 16.8. The van der Waals surface area contributed by atoms with Crippen molar-refractivity contribution in [3.8, 4) is 0 Å². The van der Waals surface area contributed by atoms with Gasteiger partial charge in [-0.25, -0.2) is 4.98 Å². The van der Waals surface area contributed by atoms with Crippen LogP contribution in [-0.4, -0.2) is 35.3 Å². The Labute approximate surface area is 140 Å². The third kappa shape index (κ3) is 5.72. The average Bonchev–Trinajstić information content (AvgIpc) is 2.52. The van der Waals surface area contributed by atoms with Crippen molar-refractivity contribution < 1.29 is 18.3 Å². The van der Waals surface area contributed by atoms with Crippen LogP contribution in [0.2, 0.25) is 0 Å². The second-order valence-corrected chi connectivity index (χ2v) is 7.14. The van der Waals surface area contributed by atoms with E-state index in [1.165, 1.54) is 18.6 Å². The molecule has 0 aliphatic carbocycles. The molecule has 24 heavy (non-hydrogen) atoms. The minimum Gasteiger partial charge on any atom is -0.385 e. The lowest BCUT2D eigenvalue weighted by Crippen LogP contribution is -2.45. The summed E-state index contributed by atoms with van der Waals surface area (Å²) in [6, 6.07) is 3.59. The van der Waals surface area contributed by atoms with Gasteiger partial charge in [-0.1, -0.05) is 6.07 Å². The maximum absolute atomic E-state index is 12.7. The fourth-order valence-electron chi connectivity index (χ4n) is 3.16. The molecule has 3 N–H and O–H groups in total. The van der Waals surface area contributed by atoms with Crippen LogP contribution in [0.15, 0.2) is 18.2 Å². The van der Waals surface area contributed by atoms with Crippen LogP contribution in [0.3, 0.4) is 0 Å². The molecule has 1 aromatic heterocycles. The zero-order chi connectivity index (χ0) is 17.8. The van der Waals surface area contributed by atoms with Crippen LogP contribution >= 0.6 is 0 Å². The highest BCUT2D eigenvalue weighted by Gasteiger charge is 2.33. The van der Waals surface area contributed by atoms with Crippen molar-refractivity contribution in [2.75, 3.05) is 19.6 Å². The highest BCUT2D eigenvalue weighted by atomic mass is 19.4. The average molecular weight is 345 g/mol. The fourth-order valence-corrected chi connectivity index (χ4v) is 3.16. The number of nitrogens with one attached hydrogen (secondary N) is 2. The van der Waals surface area contributed by atoms with Crippen LogP contribution in [0.4, 0.5) is 13.2 Å². The molecule has 1 aromatic rings. The Balaban J connectivity index is 1.90. The predicted molar refractivity (Wildman–Crippen MR) is 86.5 cm³/mol. The number of β-amino-alcohol motifs (C(OH)–C–C–N with tert-alkyl or cyclic N) is 1. The van der Waals surface area contributed by atoms with E-state index in [-0.39, 0.29) is 17.8 Å². The zero-order valence-corrected chi connectivity index (χ0v) is 14.2. The van der Waals surface area contributed by atoms with Crippen molar-refractivity contribution in [1.29, 1.82) is 0 Å². The van der Waals surface area contributed by atoms with Crippen molar-refractivity contribution in [3.63, 3.8) is 0 Å². The number of halogens is 3.